The van der Waals surface area contributed by atoms with Crippen molar-refractivity contribution in [3.63, 3.8) is 0 Å². The molecule has 1 heterocycles. The van der Waals surface area contributed by atoms with Gasteiger partial charge in [0.05, 0.1) is 6.54 Å². The molecule has 0 unspecified atom stereocenters. The van der Waals surface area contributed by atoms with Gasteiger partial charge in [-0.1, -0.05) is 0 Å². The summed E-state index contributed by atoms with van der Waals surface area (Å²) in [7, 11) is 1.62. The van der Waals surface area contributed by atoms with E-state index in [9.17, 15) is 13.6 Å². The minimum Gasteiger partial charge on any atom is -0.313 e. The minimum atomic E-state index is -2.64. The number of hydrogen-bond acceptors (Lipinski definition) is 3. The molecule has 0 atom stereocenters. The Kier molecular flexibility index (Phi) is 3.64. The number of pyridine rings is 1. The SMILES string of the molecule is CNCC(=O)c1ccnc(C(F)F)c1. The molecule has 0 aromatic carbocycles. The number of ketones is 1. The first-order valence-electron chi connectivity index (χ1n) is 4.07. The Bertz CT molecular complexity index is 328. The van der Waals surface area contributed by atoms with Crippen LogP contribution < -0.4 is 5.32 Å². The van der Waals surface area contributed by atoms with Gasteiger partial charge in [-0.25, -0.2) is 8.78 Å². The first-order valence-corrected chi connectivity index (χ1v) is 4.07. The lowest BCUT2D eigenvalue weighted by atomic mass is 10.1. The van der Waals surface area contributed by atoms with Crippen molar-refractivity contribution in [3.8, 4) is 0 Å². The molecule has 1 aromatic heterocycles. The second-order valence-electron chi connectivity index (χ2n) is 2.72. The highest BCUT2D eigenvalue weighted by molar-refractivity contribution is 5.97. The van der Waals surface area contributed by atoms with Crippen LogP contribution >= 0.6 is 0 Å². The van der Waals surface area contributed by atoms with Gasteiger partial charge in [-0.15, -0.1) is 0 Å². The van der Waals surface area contributed by atoms with E-state index in [0.717, 1.165) is 6.07 Å². The third kappa shape index (κ3) is 2.56. The van der Waals surface area contributed by atoms with E-state index in [0.29, 0.717) is 0 Å². The molecule has 1 rings (SSSR count). The third-order valence-corrected chi connectivity index (χ3v) is 1.66. The van der Waals surface area contributed by atoms with Crippen LogP contribution in [0.5, 0.6) is 0 Å². The fourth-order valence-corrected chi connectivity index (χ4v) is 1.00. The fourth-order valence-electron chi connectivity index (χ4n) is 1.00. The summed E-state index contributed by atoms with van der Waals surface area (Å²) >= 11 is 0. The van der Waals surface area contributed by atoms with E-state index in [-0.39, 0.29) is 23.6 Å². The zero-order valence-corrected chi connectivity index (χ0v) is 7.63. The molecule has 1 aromatic rings. The summed E-state index contributed by atoms with van der Waals surface area (Å²) in [6, 6.07) is 2.54. The van der Waals surface area contributed by atoms with Crippen LogP contribution in [-0.2, 0) is 0 Å². The van der Waals surface area contributed by atoms with Crippen LogP contribution in [0.2, 0.25) is 0 Å². The molecule has 0 amide bonds. The van der Waals surface area contributed by atoms with E-state index in [2.05, 4.69) is 10.3 Å². The lowest BCUT2D eigenvalue weighted by Crippen LogP contribution is -2.18. The van der Waals surface area contributed by atoms with E-state index in [4.69, 9.17) is 0 Å². The molecule has 3 nitrogen and oxygen atoms in total. The topological polar surface area (TPSA) is 42.0 Å². The second-order valence-corrected chi connectivity index (χ2v) is 2.72. The zero-order chi connectivity index (χ0) is 10.6. The second kappa shape index (κ2) is 4.76. The average Bonchev–Trinajstić information content (AvgIpc) is 2.18. The smallest absolute Gasteiger partial charge is 0.280 e. The molecule has 14 heavy (non-hydrogen) atoms. The van der Waals surface area contributed by atoms with Crippen LogP contribution in [0.15, 0.2) is 18.3 Å². The molecule has 0 radical (unpaired) electrons. The number of aromatic nitrogens is 1. The maximum Gasteiger partial charge on any atom is 0.280 e. The lowest BCUT2D eigenvalue weighted by Gasteiger charge is -2.02. The molecule has 5 heteroatoms. The molecule has 0 saturated carbocycles. The van der Waals surface area contributed by atoms with Crippen LogP contribution in [-0.4, -0.2) is 24.4 Å². The van der Waals surface area contributed by atoms with Crippen molar-refractivity contribution < 1.29 is 13.6 Å². The largest absolute Gasteiger partial charge is 0.313 e. The molecule has 0 aliphatic heterocycles. The highest BCUT2D eigenvalue weighted by Gasteiger charge is 2.11. The monoisotopic (exact) mass is 200 g/mol. The van der Waals surface area contributed by atoms with E-state index in [1.165, 1.54) is 12.3 Å². The molecule has 0 fully saturated rings. The van der Waals surface area contributed by atoms with E-state index < -0.39 is 6.43 Å². The minimum absolute atomic E-state index is 0.132. The normalized spacial score (nSPS) is 10.6. The Balaban J connectivity index is 2.88. The van der Waals surface area contributed by atoms with Crippen LogP contribution in [0.25, 0.3) is 0 Å². The van der Waals surface area contributed by atoms with Crippen LogP contribution in [0.4, 0.5) is 8.78 Å². The highest BCUT2D eigenvalue weighted by atomic mass is 19.3. The van der Waals surface area contributed by atoms with Gasteiger partial charge in [-0.2, -0.15) is 0 Å². The van der Waals surface area contributed by atoms with Gasteiger partial charge < -0.3 is 5.32 Å². The summed E-state index contributed by atoms with van der Waals surface area (Å²) < 4.78 is 24.4. The Morgan fingerprint density at radius 3 is 2.93 bits per heavy atom. The number of Topliss-reactive ketones (excluding diaryl/α,β-unsaturated/α-hetero) is 1. The Morgan fingerprint density at radius 1 is 1.64 bits per heavy atom. The number of halogens is 2. The van der Waals surface area contributed by atoms with Gasteiger partial charge in [0.25, 0.3) is 6.43 Å². The van der Waals surface area contributed by atoms with Gasteiger partial charge in [-0.3, -0.25) is 9.78 Å². The number of alkyl halides is 2. The van der Waals surface area contributed by atoms with E-state index in [1.807, 2.05) is 0 Å². The molecule has 76 valence electrons. The number of hydrogen-bond donors (Lipinski definition) is 1. The summed E-state index contributed by atoms with van der Waals surface area (Å²) in [4.78, 5) is 14.7. The summed E-state index contributed by atoms with van der Waals surface area (Å²) in [6.07, 6.45) is -1.43. The van der Waals surface area contributed by atoms with Gasteiger partial charge in [-0.05, 0) is 19.2 Å². The fraction of sp³-hybridized carbons (Fsp3) is 0.333. The Hall–Kier alpha value is -1.36. The van der Waals surface area contributed by atoms with Gasteiger partial charge >= 0.3 is 0 Å². The van der Waals surface area contributed by atoms with E-state index >= 15 is 0 Å². The van der Waals surface area contributed by atoms with Crippen molar-refractivity contribution in [2.75, 3.05) is 13.6 Å². The first-order chi connectivity index (χ1) is 6.65. The summed E-state index contributed by atoms with van der Waals surface area (Å²) in [5, 5.41) is 2.66. The number of nitrogens with zero attached hydrogens (tertiary/aromatic N) is 1. The van der Waals surface area contributed by atoms with Crippen molar-refractivity contribution in [1.82, 2.24) is 10.3 Å². The van der Waals surface area contributed by atoms with Crippen molar-refractivity contribution in [2.24, 2.45) is 0 Å². The van der Waals surface area contributed by atoms with Crippen molar-refractivity contribution in [2.45, 2.75) is 6.43 Å². The summed E-state index contributed by atoms with van der Waals surface area (Å²) in [5.74, 6) is -0.225. The van der Waals surface area contributed by atoms with Gasteiger partial charge in [0.15, 0.2) is 5.78 Å². The third-order valence-electron chi connectivity index (χ3n) is 1.66. The van der Waals surface area contributed by atoms with Gasteiger partial charge in [0.1, 0.15) is 5.69 Å². The van der Waals surface area contributed by atoms with Crippen molar-refractivity contribution in [1.29, 1.82) is 0 Å². The predicted molar refractivity (Wildman–Crippen MR) is 47.5 cm³/mol. The zero-order valence-electron chi connectivity index (χ0n) is 7.63. The van der Waals surface area contributed by atoms with Crippen molar-refractivity contribution >= 4 is 5.78 Å². The quantitative estimate of drug-likeness (QED) is 0.747. The van der Waals surface area contributed by atoms with Crippen LogP contribution in [0.3, 0.4) is 0 Å². The number of carbonyl (C=O) groups excluding carboxylic acids is 1. The summed E-state index contributed by atoms with van der Waals surface area (Å²) in [5.41, 5.74) is -0.114. The lowest BCUT2D eigenvalue weighted by molar-refractivity contribution is 0.0992. The molecule has 0 spiro atoms. The molecular weight excluding hydrogens is 190 g/mol. The molecule has 1 N–H and O–H groups in total. The molecule has 0 saturated heterocycles. The van der Waals surface area contributed by atoms with Gasteiger partial charge in [0.2, 0.25) is 0 Å². The molecule has 0 bridgehead atoms. The molecular formula is C9H10F2N2O. The van der Waals surface area contributed by atoms with Crippen LogP contribution in [0, 0.1) is 0 Å². The number of likely N-dealkylation sites (N-methyl/N-ethyl adjacent to an activating group) is 1. The standard InChI is InChI=1S/C9H10F2N2O/c1-12-5-8(14)6-2-3-13-7(4-6)9(10)11/h2-4,9,12H,5H2,1H3. The van der Waals surface area contributed by atoms with Crippen molar-refractivity contribution in [3.05, 3.63) is 29.6 Å². The number of carbonyl (C=O) groups is 1. The summed E-state index contributed by atoms with van der Waals surface area (Å²) in [6.45, 7) is 0.132. The predicted octanol–water partition coefficient (Wildman–Crippen LogP) is 1.42. The van der Waals surface area contributed by atoms with E-state index in [1.54, 1.807) is 7.05 Å². The Morgan fingerprint density at radius 2 is 2.36 bits per heavy atom. The van der Waals surface area contributed by atoms with Gasteiger partial charge in [0, 0.05) is 11.8 Å². The number of rotatable bonds is 4. The first kappa shape index (κ1) is 10.7. The number of nitrogens with one attached hydrogen (secondary N) is 1. The maximum absolute atomic E-state index is 12.2. The highest BCUT2D eigenvalue weighted by Crippen LogP contribution is 2.16. The maximum atomic E-state index is 12.2. The average molecular weight is 200 g/mol. The Labute approximate surface area is 80.2 Å². The molecule has 0 aliphatic carbocycles. The molecule has 0 aliphatic rings. The van der Waals surface area contributed by atoms with Crippen LogP contribution in [0.1, 0.15) is 22.5 Å².